The third-order valence-electron chi connectivity index (χ3n) is 2.35. The molecule has 0 aromatic rings. The van der Waals surface area contributed by atoms with Gasteiger partial charge in [0.1, 0.15) is 24.4 Å². The van der Waals surface area contributed by atoms with Crippen molar-refractivity contribution in [3.8, 4) is 0 Å². The summed E-state index contributed by atoms with van der Waals surface area (Å²) in [6.07, 6.45) is 2.77. The number of unbranched alkanes of at least 4 members (excludes halogenated alkanes) is 3. The van der Waals surface area contributed by atoms with E-state index in [2.05, 4.69) is 0 Å². The monoisotopic (exact) mass is 286 g/mol. The van der Waals surface area contributed by atoms with Gasteiger partial charge in [-0.2, -0.15) is 0 Å². The molecule has 0 spiro atoms. The molecule has 0 aliphatic carbocycles. The molecule has 0 heterocycles. The fourth-order valence-corrected chi connectivity index (χ4v) is 1.44. The molecule has 0 fully saturated rings. The van der Waals surface area contributed by atoms with Crippen LogP contribution in [0.1, 0.15) is 52.4 Å². The molecular weight excluding hydrogens is 264 g/mol. The summed E-state index contributed by atoms with van der Waals surface area (Å²) in [5, 5.41) is 0. The van der Waals surface area contributed by atoms with Crippen LogP contribution in [0.3, 0.4) is 0 Å². The van der Waals surface area contributed by atoms with Gasteiger partial charge in [-0.15, -0.1) is 0 Å². The normalized spacial score (nSPS) is 9.90. The largest absolute Gasteiger partial charge is 0.465 e. The van der Waals surface area contributed by atoms with Gasteiger partial charge in [0, 0.05) is 0 Å². The zero-order valence-electron chi connectivity index (χ0n) is 12.1. The van der Waals surface area contributed by atoms with Gasteiger partial charge in [-0.1, -0.05) is 0 Å². The smallest absolute Gasteiger partial charge is 0.313 e. The molecule has 0 N–H and O–H groups in total. The number of carbonyl (C=O) groups excluding carboxylic acids is 4. The lowest BCUT2D eigenvalue weighted by atomic mass is 10.2. The molecule has 0 aliphatic heterocycles. The third kappa shape index (κ3) is 12.7. The lowest BCUT2D eigenvalue weighted by Gasteiger charge is -2.05. The minimum Gasteiger partial charge on any atom is -0.465 e. The van der Waals surface area contributed by atoms with Gasteiger partial charge >= 0.3 is 11.9 Å². The molecule has 0 aromatic heterocycles. The van der Waals surface area contributed by atoms with Crippen LogP contribution < -0.4 is 0 Å². The van der Waals surface area contributed by atoms with Crippen LogP contribution >= 0.6 is 0 Å². The van der Waals surface area contributed by atoms with Gasteiger partial charge in [0.25, 0.3) is 0 Å². The summed E-state index contributed by atoms with van der Waals surface area (Å²) in [6.45, 7) is 3.29. The molecule has 0 saturated heterocycles. The van der Waals surface area contributed by atoms with Crippen molar-refractivity contribution in [3.05, 3.63) is 0 Å². The molecule has 0 atom stereocenters. The summed E-state index contributed by atoms with van der Waals surface area (Å²) in [6, 6.07) is 0. The van der Waals surface area contributed by atoms with Crippen molar-refractivity contribution in [2.45, 2.75) is 52.4 Å². The van der Waals surface area contributed by atoms with Gasteiger partial charge in [0.2, 0.25) is 0 Å². The van der Waals surface area contributed by atoms with Crippen LogP contribution in [-0.4, -0.2) is 36.7 Å². The minimum absolute atomic E-state index is 0.175. The summed E-state index contributed by atoms with van der Waals surface area (Å²) in [4.78, 5) is 43.3. The number of esters is 2. The van der Waals surface area contributed by atoms with E-state index in [0.29, 0.717) is 26.1 Å². The molecular formula is C14H22O6. The Morgan fingerprint density at radius 3 is 1.30 bits per heavy atom. The number of hydrogen-bond acceptors (Lipinski definition) is 6. The number of ketones is 2. The van der Waals surface area contributed by atoms with Gasteiger partial charge in [-0.3, -0.25) is 19.2 Å². The average Bonchev–Trinajstić information content (AvgIpc) is 2.30. The fraction of sp³-hybridized carbons (Fsp3) is 0.714. The van der Waals surface area contributed by atoms with E-state index in [1.807, 2.05) is 0 Å². The maximum absolute atomic E-state index is 11.0. The molecule has 0 amide bonds. The highest BCUT2D eigenvalue weighted by Gasteiger charge is 2.06. The van der Waals surface area contributed by atoms with Crippen LogP contribution in [-0.2, 0) is 28.7 Å². The van der Waals surface area contributed by atoms with Crippen molar-refractivity contribution >= 4 is 23.5 Å². The van der Waals surface area contributed by atoms with E-state index in [1.54, 1.807) is 0 Å². The zero-order chi connectivity index (χ0) is 15.4. The predicted molar refractivity (Wildman–Crippen MR) is 71.0 cm³/mol. The Morgan fingerprint density at radius 2 is 1.00 bits per heavy atom. The van der Waals surface area contributed by atoms with E-state index in [-0.39, 0.29) is 24.4 Å². The summed E-state index contributed by atoms with van der Waals surface area (Å²) in [5.41, 5.74) is 0. The lowest BCUT2D eigenvalue weighted by Crippen LogP contribution is -2.10. The van der Waals surface area contributed by atoms with Crippen LogP contribution in [0.25, 0.3) is 0 Å². The Balaban J connectivity index is 3.33. The SMILES string of the molecule is CC(=O)CC(=O)OCCCCCCOC(=O)CC(C)=O. The molecule has 0 aromatic carbocycles. The first-order valence-corrected chi connectivity index (χ1v) is 6.72. The van der Waals surface area contributed by atoms with Gasteiger partial charge < -0.3 is 9.47 Å². The molecule has 0 saturated carbocycles. The molecule has 0 bridgehead atoms. The maximum atomic E-state index is 11.0. The number of ether oxygens (including phenoxy) is 2. The Morgan fingerprint density at radius 1 is 0.650 bits per heavy atom. The van der Waals surface area contributed by atoms with E-state index >= 15 is 0 Å². The van der Waals surface area contributed by atoms with Crippen LogP contribution in [0.15, 0.2) is 0 Å². The van der Waals surface area contributed by atoms with Crippen molar-refractivity contribution in [1.82, 2.24) is 0 Å². The standard InChI is InChI=1S/C14H22O6/c1-11(15)9-13(17)19-7-5-3-4-6-8-20-14(18)10-12(2)16/h3-10H2,1-2H3. The Hall–Kier alpha value is -1.72. The second kappa shape index (κ2) is 11.1. The quantitative estimate of drug-likeness (QED) is 0.326. The highest BCUT2D eigenvalue weighted by molar-refractivity contribution is 5.94. The molecule has 20 heavy (non-hydrogen) atoms. The van der Waals surface area contributed by atoms with Crippen molar-refractivity contribution < 1.29 is 28.7 Å². The summed E-state index contributed by atoms with van der Waals surface area (Å²) >= 11 is 0. The van der Waals surface area contributed by atoms with Gasteiger partial charge in [0.05, 0.1) is 13.2 Å². The van der Waals surface area contributed by atoms with Crippen molar-refractivity contribution in [2.24, 2.45) is 0 Å². The van der Waals surface area contributed by atoms with Crippen molar-refractivity contribution in [3.63, 3.8) is 0 Å². The fourth-order valence-electron chi connectivity index (χ4n) is 1.44. The number of Topliss-reactive ketones (excluding diaryl/α,β-unsaturated/α-hetero) is 2. The van der Waals surface area contributed by atoms with E-state index < -0.39 is 11.9 Å². The number of rotatable bonds is 11. The highest BCUT2D eigenvalue weighted by atomic mass is 16.5. The second-order valence-electron chi connectivity index (χ2n) is 4.61. The van der Waals surface area contributed by atoms with E-state index in [4.69, 9.17) is 9.47 Å². The summed E-state index contributed by atoms with van der Waals surface area (Å²) in [5.74, 6) is -1.39. The molecule has 6 heteroatoms. The molecule has 0 radical (unpaired) electrons. The van der Waals surface area contributed by atoms with Crippen molar-refractivity contribution in [2.75, 3.05) is 13.2 Å². The van der Waals surface area contributed by atoms with Crippen LogP contribution in [0, 0.1) is 0 Å². The first-order chi connectivity index (χ1) is 9.41. The number of hydrogen-bond donors (Lipinski definition) is 0. The molecule has 0 rings (SSSR count). The first kappa shape index (κ1) is 18.3. The van der Waals surface area contributed by atoms with Crippen LogP contribution in [0.2, 0.25) is 0 Å². The zero-order valence-corrected chi connectivity index (χ0v) is 12.1. The highest BCUT2D eigenvalue weighted by Crippen LogP contribution is 2.02. The molecule has 114 valence electrons. The Bertz CT molecular complexity index is 314. The molecule has 6 nitrogen and oxygen atoms in total. The number of carbonyl (C=O) groups is 4. The lowest BCUT2D eigenvalue weighted by molar-refractivity contribution is -0.147. The summed E-state index contributed by atoms with van der Waals surface area (Å²) in [7, 11) is 0. The van der Waals surface area contributed by atoms with Gasteiger partial charge in [-0.05, 0) is 39.5 Å². The Labute approximate surface area is 118 Å². The van der Waals surface area contributed by atoms with Gasteiger partial charge in [-0.25, -0.2) is 0 Å². The van der Waals surface area contributed by atoms with Crippen molar-refractivity contribution in [1.29, 1.82) is 0 Å². The third-order valence-corrected chi connectivity index (χ3v) is 2.35. The average molecular weight is 286 g/mol. The Kier molecular flexibility index (Phi) is 10.2. The second-order valence-corrected chi connectivity index (χ2v) is 4.61. The van der Waals surface area contributed by atoms with Crippen LogP contribution in [0.4, 0.5) is 0 Å². The molecule has 0 aliphatic rings. The first-order valence-electron chi connectivity index (χ1n) is 6.72. The predicted octanol–water partition coefficient (Wildman–Crippen LogP) is 1.59. The summed E-state index contributed by atoms with van der Waals surface area (Å²) < 4.78 is 9.72. The van der Waals surface area contributed by atoms with Gasteiger partial charge in [0.15, 0.2) is 0 Å². The van der Waals surface area contributed by atoms with E-state index in [1.165, 1.54) is 13.8 Å². The minimum atomic E-state index is -0.490. The topological polar surface area (TPSA) is 86.7 Å². The van der Waals surface area contributed by atoms with E-state index in [0.717, 1.165) is 12.8 Å². The van der Waals surface area contributed by atoms with E-state index in [9.17, 15) is 19.2 Å². The maximum Gasteiger partial charge on any atom is 0.313 e. The molecule has 0 unspecified atom stereocenters. The van der Waals surface area contributed by atoms with Crippen LogP contribution in [0.5, 0.6) is 0 Å².